The van der Waals surface area contributed by atoms with Gasteiger partial charge in [-0.2, -0.15) is 0 Å². The number of unbranched alkanes of at least 4 members (excludes halogenated alkanes) is 42. The lowest BCUT2D eigenvalue weighted by atomic mass is 10.0. The van der Waals surface area contributed by atoms with E-state index in [1.807, 2.05) is 0 Å². The number of hydrogen-bond donors (Lipinski definition) is 3. The molecule has 0 aromatic heterocycles. The number of carbonyl (C=O) groups is 4. The van der Waals surface area contributed by atoms with Gasteiger partial charge in [-0.25, -0.2) is 9.13 Å². The van der Waals surface area contributed by atoms with E-state index in [1.54, 1.807) is 0 Å². The highest BCUT2D eigenvalue weighted by Crippen LogP contribution is 2.45. The van der Waals surface area contributed by atoms with E-state index in [0.29, 0.717) is 25.7 Å². The molecule has 0 aromatic rings. The Balaban J connectivity index is 5.20. The third-order valence-electron chi connectivity index (χ3n) is 17.0. The van der Waals surface area contributed by atoms with Crippen molar-refractivity contribution in [3.63, 3.8) is 0 Å². The number of rotatable bonds is 72. The maximum Gasteiger partial charge on any atom is 0.472 e. The van der Waals surface area contributed by atoms with Gasteiger partial charge in [0.25, 0.3) is 0 Å². The molecule has 0 radical (unpaired) electrons. The monoisotopic (exact) mass is 1350 g/mol. The molecule has 0 aliphatic rings. The summed E-state index contributed by atoms with van der Waals surface area (Å²) in [6.07, 6.45) is 51.5. The molecule has 0 spiro atoms. The highest BCUT2D eigenvalue weighted by Gasteiger charge is 2.30. The van der Waals surface area contributed by atoms with Gasteiger partial charge in [-0.05, 0) is 37.5 Å². The van der Waals surface area contributed by atoms with Crippen molar-refractivity contribution in [1.29, 1.82) is 0 Å². The van der Waals surface area contributed by atoms with Gasteiger partial charge in [0.2, 0.25) is 0 Å². The van der Waals surface area contributed by atoms with Crippen molar-refractivity contribution in [3.05, 3.63) is 0 Å². The average Bonchev–Trinajstić information content (AvgIpc) is 1.79. The fraction of sp³-hybridized carbons (Fsp3) is 0.945. The quantitative estimate of drug-likeness (QED) is 0.0222. The van der Waals surface area contributed by atoms with Gasteiger partial charge >= 0.3 is 39.5 Å². The number of carbonyl (C=O) groups excluding carboxylic acids is 4. The number of ether oxygens (including phenoxy) is 4. The number of esters is 4. The molecule has 0 aromatic carbocycles. The van der Waals surface area contributed by atoms with Crippen molar-refractivity contribution in [2.24, 2.45) is 11.8 Å². The minimum Gasteiger partial charge on any atom is -0.462 e. The zero-order chi connectivity index (χ0) is 67.9. The minimum atomic E-state index is -4.95. The number of phosphoric ester groups is 2. The molecular weight excluding hydrogens is 1210 g/mol. The van der Waals surface area contributed by atoms with Crippen LogP contribution in [-0.4, -0.2) is 96.7 Å². The summed E-state index contributed by atoms with van der Waals surface area (Å²) < 4.78 is 68.3. The van der Waals surface area contributed by atoms with Gasteiger partial charge in [0, 0.05) is 25.7 Å². The van der Waals surface area contributed by atoms with Gasteiger partial charge in [0.1, 0.15) is 19.3 Å². The van der Waals surface area contributed by atoms with E-state index in [9.17, 15) is 43.2 Å². The van der Waals surface area contributed by atoms with Crippen LogP contribution in [0, 0.1) is 11.8 Å². The maximum atomic E-state index is 13.1. The Morgan fingerprint density at radius 3 is 0.739 bits per heavy atom. The molecule has 0 heterocycles. The Hall–Kier alpha value is -1.94. The summed E-state index contributed by atoms with van der Waals surface area (Å²) in [6, 6.07) is 0. The van der Waals surface area contributed by atoms with Crippen LogP contribution in [0.15, 0.2) is 0 Å². The summed E-state index contributed by atoms with van der Waals surface area (Å²) in [5.41, 5.74) is 0. The molecule has 0 aliphatic heterocycles. The van der Waals surface area contributed by atoms with Gasteiger partial charge < -0.3 is 33.8 Å². The fourth-order valence-electron chi connectivity index (χ4n) is 11.1. The summed E-state index contributed by atoms with van der Waals surface area (Å²) >= 11 is 0. The zero-order valence-electron chi connectivity index (χ0n) is 59.9. The van der Waals surface area contributed by atoms with E-state index >= 15 is 0 Å². The number of aliphatic hydroxyl groups is 1. The standard InChI is InChI=1S/C73H142O17P2/c1-7-9-11-13-15-16-17-18-19-20-21-22-23-28-33-39-45-51-57-72(77)90-69(62-84-71(76)56-50-44-38-32-27-25-24-26-30-36-41-47-53-65(3)4)64-88-92(81,82)86-60-67(74)59-85-91(79,80)87-63-68(61-83-70(75)55-49-43-35-14-12-10-8-2)89-73(78)58-52-46-40-34-29-31-37-42-48-54-66(5)6/h65-69,74H,7-64H2,1-6H3,(H,79,80)(H,81,82)/t67-,68+,69+/m0/s1. The molecule has 0 rings (SSSR count). The van der Waals surface area contributed by atoms with Gasteiger partial charge in [0.15, 0.2) is 12.2 Å². The van der Waals surface area contributed by atoms with E-state index < -0.39 is 97.5 Å². The van der Waals surface area contributed by atoms with Gasteiger partial charge in [-0.15, -0.1) is 0 Å². The Morgan fingerprint density at radius 1 is 0.293 bits per heavy atom. The van der Waals surface area contributed by atoms with Crippen LogP contribution in [0.1, 0.15) is 375 Å². The highest BCUT2D eigenvalue weighted by molar-refractivity contribution is 7.47. The predicted molar refractivity (Wildman–Crippen MR) is 372 cm³/mol. The van der Waals surface area contributed by atoms with E-state index in [-0.39, 0.29) is 25.7 Å². The normalized spacial score (nSPS) is 14.1. The molecule has 0 bridgehead atoms. The molecule has 0 saturated heterocycles. The third-order valence-corrected chi connectivity index (χ3v) is 18.9. The molecule has 92 heavy (non-hydrogen) atoms. The highest BCUT2D eigenvalue weighted by atomic mass is 31.2. The smallest absolute Gasteiger partial charge is 0.462 e. The van der Waals surface area contributed by atoms with Crippen LogP contribution < -0.4 is 0 Å². The van der Waals surface area contributed by atoms with E-state index in [4.69, 9.17) is 37.0 Å². The van der Waals surface area contributed by atoms with Crippen molar-refractivity contribution in [1.82, 2.24) is 0 Å². The summed E-state index contributed by atoms with van der Waals surface area (Å²) in [6.45, 7) is 9.52. The minimum absolute atomic E-state index is 0.105. The van der Waals surface area contributed by atoms with Crippen molar-refractivity contribution in [3.8, 4) is 0 Å². The Bertz CT molecular complexity index is 1790. The molecular formula is C73H142O17P2. The topological polar surface area (TPSA) is 237 Å². The van der Waals surface area contributed by atoms with Crippen molar-refractivity contribution in [2.45, 2.75) is 394 Å². The summed E-state index contributed by atoms with van der Waals surface area (Å²) in [7, 11) is -9.90. The largest absolute Gasteiger partial charge is 0.472 e. The molecule has 19 heteroatoms. The van der Waals surface area contributed by atoms with E-state index in [0.717, 1.165) is 115 Å². The first-order chi connectivity index (χ1) is 44.4. The second-order valence-corrected chi connectivity index (χ2v) is 30.2. The number of hydrogen-bond acceptors (Lipinski definition) is 15. The SMILES string of the molecule is CCCCCCCCCCCCCCCCCCCCC(=O)O[C@H](COC(=O)CCCCCCCCCCCCCCC(C)C)COP(=O)(O)OC[C@@H](O)COP(=O)(O)OC[C@@H](COC(=O)CCCCCCCCC)OC(=O)CCCCCCCCCCCC(C)C. The molecule has 17 nitrogen and oxygen atoms in total. The van der Waals surface area contributed by atoms with Crippen LogP contribution in [0.5, 0.6) is 0 Å². The van der Waals surface area contributed by atoms with E-state index in [2.05, 4.69) is 41.5 Å². The first-order valence-corrected chi connectivity index (χ1v) is 41.0. The maximum absolute atomic E-state index is 13.1. The number of aliphatic hydroxyl groups excluding tert-OH is 1. The Labute approximate surface area is 562 Å². The Morgan fingerprint density at radius 2 is 0.500 bits per heavy atom. The molecule has 0 fully saturated rings. The third kappa shape index (κ3) is 66.7. The summed E-state index contributed by atoms with van der Waals surface area (Å²) in [5, 5.41) is 10.6. The fourth-order valence-corrected chi connectivity index (χ4v) is 12.7. The van der Waals surface area contributed by atoms with Gasteiger partial charge in [-0.3, -0.25) is 37.3 Å². The zero-order valence-corrected chi connectivity index (χ0v) is 61.6. The van der Waals surface area contributed by atoms with Crippen molar-refractivity contribution >= 4 is 39.5 Å². The Kier molecular flexibility index (Phi) is 63.7. The number of phosphoric acid groups is 2. The van der Waals surface area contributed by atoms with Gasteiger partial charge in [0.05, 0.1) is 26.4 Å². The molecule has 0 amide bonds. The lowest BCUT2D eigenvalue weighted by molar-refractivity contribution is -0.161. The van der Waals surface area contributed by atoms with Gasteiger partial charge in [-0.1, -0.05) is 324 Å². The van der Waals surface area contributed by atoms with Crippen LogP contribution in [0.4, 0.5) is 0 Å². The molecule has 3 N–H and O–H groups in total. The van der Waals surface area contributed by atoms with Crippen LogP contribution in [-0.2, 0) is 65.4 Å². The van der Waals surface area contributed by atoms with Crippen molar-refractivity contribution < 1.29 is 80.2 Å². The first kappa shape index (κ1) is 90.1. The van der Waals surface area contributed by atoms with E-state index in [1.165, 1.54) is 180 Å². The average molecular weight is 1350 g/mol. The first-order valence-electron chi connectivity index (χ1n) is 38.0. The van der Waals surface area contributed by atoms with Crippen LogP contribution in [0.2, 0.25) is 0 Å². The summed E-state index contributed by atoms with van der Waals surface area (Å²) in [4.78, 5) is 72.5. The molecule has 2 unspecified atom stereocenters. The lowest BCUT2D eigenvalue weighted by Gasteiger charge is -2.21. The predicted octanol–water partition coefficient (Wildman–Crippen LogP) is 21.2. The molecule has 5 atom stereocenters. The molecule has 0 saturated carbocycles. The van der Waals surface area contributed by atoms with Crippen molar-refractivity contribution in [2.75, 3.05) is 39.6 Å². The molecule has 546 valence electrons. The lowest BCUT2D eigenvalue weighted by Crippen LogP contribution is -2.30. The second-order valence-electron chi connectivity index (χ2n) is 27.3. The van der Waals surface area contributed by atoms with Crippen LogP contribution in [0.25, 0.3) is 0 Å². The van der Waals surface area contributed by atoms with Crippen LogP contribution >= 0.6 is 15.6 Å². The summed E-state index contributed by atoms with van der Waals surface area (Å²) in [5.74, 6) is -0.606. The van der Waals surface area contributed by atoms with Crippen LogP contribution in [0.3, 0.4) is 0 Å². The molecule has 0 aliphatic carbocycles. The second kappa shape index (κ2) is 65.0.